The zero-order chi connectivity index (χ0) is 19.1. The van der Waals surface area contributed by atoms with Gasteiger partial charge in [0.2, 0.25) is 5.91 Å². The van der Waals surface area contributed by atoms with Gasteiger partial charge in [-0.3, -0.25) is 4.79 Å². The van der Waals surface area contributed by atoms with Crippen LogP contribution in [0.4, 0.5) is 15.8 Å². The molecule has 0 bridgehead atoms. The minimum atomic E-state index is -0.468. The standard InChI is InChI=1S/C22H21FN2O2/c1-16(24-19-9-7-18(23)8-10-19)22(26)25-20-11-13-21(14-12-20)27-15-17-5-3-2-4-6-17/h2-14,16,24H,15H2,1H3,(H,25,26)/t16-/m1/s1. The molecule has 0 heterocycles. The highest BCUT2D eigenvalue weighted by Crippen LogP contribution is 2.18. The summed E-state index contributed by atoms with van der Waals surface area (Å²) in [7, 11) is 0. The summed E-state index contributed by atoms with van der Waals surface area (Å²) in [4.78, 5) is 12.3. The summed E-state index contributed by atoms with van der Waals surface area (Å²) in [5.74, 6) is 0.235. The molecular formula is C22H21FN2O2. The number of nitrogens with one attached hydrogen (secondary N) is 2. The van der Waals surface area contributed by atoms with Crippen LogP contribution in [0, 0.1) is 5.82 Å². The maximum Gasteiger partial charge on any atom is 0.246 e. The van der Waals surface area contributed by atoms with Gasteiger partial charge in [-0.2, -0.15) is 0 Å². The monoisotopic (exact) mass is 364 g/mol. The third-order valence-corrected chi connectivity index (χ3v) is 3.99. The van der Waals surface area contributed by atoms with E-state index in [1.165, 1.54) is 12.1 Å². The Balaban J connectivity index is 1.51. The number of amides is 1. The van der Waals surface area contributed by atoms with Gasteiger partial charge in [0, 0.05) is 11.4 Å². The predicted molar refractivity (Wildman–Crippen MR) is 105 cm³/mol. The number of rotatable bonds is 7. The molecule has 0 aliphatic carbocycles. The smallest absolute Gasteiger partial charge is 0.246 e. The lowest BCUT2D eigenvalue weighted by Crippen LogP contribution is -2.31. The van der Waals surface area contributed by atoms with Crippen LogP contribution in [0.5, 0.6) is 5.75 Å². The van der Waals surface area contributed by atoms with Crippen molar-refractivity contribution >= 4 is 17.3 Å². The Morgan fingerprint density at radius 3 is 2.22 bits per heavy atom. The molecule has 3 rings (SSSR count). The zero-order valence-electron chi connectivity index (χ0n) is 15.0. The van der Waals surface area contributed by atoms with Crippen molar-refractivity contribution in [1.82, 2.24) is 0 Å². The average molecular weight is 364 g/mol. The molecule has 1 atom stereocenters. The van der Waals surface area contributed by atoms with Gasteiger partial charge in [-0.25, -0.2) is 4.39 Å². The molecule has 0 aromatic heterocycles. The van der Waals surface area contributed by atoms with E-state index in [2.05, 4.69) is 10.6 Å². The van der Waals surface area contributed by atoms with Gasteiger partial charge in [0.05, 0.1) is 0 Å². The molecule has 27 heavy (non-hydrogen) atoms. The first-order valence-electron chi connectivity index (χ1n) is 8.70. The van der Waals surface area contributed by atoms with Crippen molar-refractivity contribution in [1.29, 1.82) is 0 Å². The van der Waals surface area contributed by atoms with Crippen molar-refractivity contribution < 1.29 is 13.9 Å². The van der Waals surface area contributed by atoms with Crippen LogP contribution in [0.15, 0.2) is 78.9 Å². The summed E-state index contributed by atoms with van der Waals surface area (Å²) in [5, 5.41) is 5.88. The lowest BCUT2D eigenvalue weighted by Gasteiger charge is -2.15. The summed E-state index contributed by atoms with van der Waals surface area (Å²) in [6.45, 7) is 2.24. The second kappa shape index (κ2) is 8.85. The highest BCUT2D eigenvalue weighted by molar-refractivity contribution is 5.96. The summed E-state index contributed by atoms with van der Waals surface area (Å²) in [5.41, 5.74) is 2.46. The Morgan fingerprint density at radius 1 is 0.926 bits per heavy atom. The summed E-state index contributed by atoms with van der Waals surface area (Å²) in [6, 6.07) is 22.6. The van der Waals surface area contributed by atoms with E-state index in [-0.39, 0.29) is 11.7 Å². The van der Waals surface area contributed by atoms with E-state index >= 15 is 0 Å². The molecule has 0 radical (unpaired) electrons. The molecule has 0 aliphatic rings. The molecule has 0 spiro atoms. The van der Waals surface area contributed by atoms with E-state index in [0.29, 0.717) is 18.0 Å². The lowest BCUT2D eigenvalue weighted by molar-refractivity contribution is -0.116. The van der Waals surface area contributed by atoms with Crippen LogP contribution >= 0.6 is 0 Å². The van der Waals surface area contributed by atoms with E-state index in [9.17, 15) is 9.18 Å². The van der Waals surface area contributed by atoms with E-state index in [0.717, 1.165) is 11.3 Å². The van der Waals surface area contributed by atoms with Crippen LogP contribution in [0.2, 0.25) is 0 Å². The first kappa shape index (κ1) is 18.5. The van der Waals surface area contributed by atoms with Crippen molar-refractivity contribution in [2.45, 2.75) is 19.6 Å². The Morgan fingerprint density at radius 2 is 1.56 bits per heavy atom. The summed E-state index contributed by atoms with van der Waals surface area (Å²) < 4.78 is 18.7. The zero-order valence-corrected chi connectivity index (χ0v) is 15.0. The van der Waals surface area contributed by atoms with Gasteiger partial charge in [0.15, 0.2) is 0 Å². The molecule has 0 saturated carbocycles. The van der Waals surface area contributed by atoms with Crippen molar-refractivity contribution in [3.8, 4) is 5.75 Å². The van der Waals surface area contributed by atoms with Gasteiger partial charge in [0.25, 0.3) is 0 Å². The number of carbonyl (C=O) groups is 1. The van der Waals surface area contributed by atoms with Crippen LogP contribution in [0.3, 0.4) is 0 Å². The van der Waals surface area contributed by atoms with Crippen LogP contribution in [0.1, 0.15) is 12.5 Å². The first-order valence-corrected chi connectivity index (χ1v) is 8.70. The molecule has 0 aliphatic heterocycles. The van der Waals surface area contributed by atoms with E-state index in [1.807, 2.05) is 42.5 Å². The number of ether oxygens (including phenoxy) is 1. The molecule has 1 amide bonds. The molecule has 5 heteroatoms. The largest absolute Gasteiger partial charge is 0.489 e. The summed E-state index contributed by atoms with van der Waals surface area (Å²) in [6.07, 6.45) is 0. The van der Waals surface area contributed by atoms with Crippen molar-refractivity contribution in [3.05, 3.63) is 90.2 Å². The molecular weight excluding hydrogens is 343 g/mol. The third kappa shape index (κ3) is 5.57. The van der Waals surface area contributed by atoms with Crippen molar-refractivity contribution in [2.24, 2.45) is 0 Å². The number of anilines is 2. The lowest BCUT2D eigenvalue weighted by atomic mass is 10.2. The van der Waals surface area contributed by atoms with Gasteiger partial charge < -0.3 is 15.4 Å². The van der Waals surface area contributed by atoms with E-state index in [1.54, 1.807) is 31.2 Å². The van der Waals surface area contributed by atoms with Crippen molar-refractivity contribution in [2.75, 3.05) is 10.6 Å². The first-order chi connectivity index (χ1) is 13.1. The molecule has 3 aromatic carbocycles. The quantitative estimate of drug-likeness (QED) is 0.630. The highest BCUT2D eigenvalue weighted by Gasteiger charge is 2.13. The van der Waals surface area contributed by atoms with E-state index < -0.39 is 6.04 Å². The van der Waals surface area contributed by atoms with Crippen LogP contribution < -0.4 is 15.4 Å². The predicted octanol–water partition coefficient (Wildman–Crippen LogP) is 4.84. The SMILES string of the molecule is C[C@@H](Nc1ccc(F)cc1)C(=O)Nc1ccc(OCc2ccccc2)cc1. The minimum absolute atomic E-state index is 0.183. The second-order valence-electron chi connectivity index (χ2n) is 6.16. The van der Waals surface area contributed by atoms with Crippen LogP contribution in [0.25, 0.3) is 0 Å². The molecule has 4 nitrogen and oxygen atoms in total. The number of halogens is 1. The topological polar surface area (TPSA) is 50.4 Å². The Kier molecular flexibility index (Phi) is 6.05. The molecule has 138 valence electrons. The van der Waals surface area contributed by atoms with Crippen LogP contribution in [-0.2, 0) is 11.4 Å². The number of benzene rings is 3. The van der Waals surface area contributed by atoms with Crippen LogP contribution in [-0.4, -0.2) is 11.9 Å². The maximum atomic E-state index is 12.9. The highest BCUT2D eigenvalue weighted by atomic mass is 19.1. The Hall–Kier alpha value is -3.34. The van der Waals surface area contributed by atoms with Crippen molar-refractivity contribution in [3.63, 3.8) is 0 Å². The number of hydrogen-bond donors (Lipinski definition) is 2. The fraction of sp³-hybridized carbons (Fsp3) is 0.136. The van der Waals surface area contributed by atoms with Gasteiger partial charge in [-0.1, -0.05) is 30.3 Å². The molecule has 0 saturated heterocycles. The van der Waals surface area contributed by atoms with Gasteiger partial charge in [-0.05, 0) is 61.0 Å². The van der Waals surface area contributed by atoms with Gasteiger partial charge >= 0.3 is 0 Å². The number of carbonyl (C=O) groups excluding carboxylic acids is 1. The second-order valence-corrected chi connectivity index (χ2v) is 6.16. The number of hydrogen-bond acceptors (Lipinski definition) is 3. The average Bonchev–Trinajstić information content (AvgIpc) is 2.70. The fourth-order valence-electron chi connectivity index (χ4n) is 2.49. The maximum absolute atomic E-state index is 12.9. The minimum Gasteiger partial charge on any atom is -0.489 e. The molecule has 0 fully saturated rings. The van der Waals surface area contributed by atoms with Gasteiger partial charge in [0.1, 0.15) is 24.2 Å². The Labute approximate surface area is 158 Å². The normalized spacial score (nSPS) is 11.5. The third-order valence-electron chi connectivity index (χ3n) is 3.99. The molecule has 3 aromatic rings. The Bertz CT molecular complexity index is 865. The van der Waals surface area contributed by atoms with E-state index in [4.69, 9.17) is 4.74 Å². The summed E-state index contributed by atoms with van der Waals surface area (Å²) >= 11 is 0. The fourth-order valence-corrected chi connectivity index (χ4v) is 2.49. The van der Waals surface area contributed by atoms with Gasteiger partial charge in [-0.15, -0.1) is 0 Å². The molecule has 2 N–H and O–H groups in total. The molecule has 0 unspecified atom stereocenters.